The molecule has 0 aliphatic carbocycles. The van der Waals surface area contributed by atoms with Crippen molar-refractivity contribution >= 4 is 11.2 Å². The van der Waals surface area contributed by atoms with Gasteiger partial charge in [0.2, 0.25) is 0 Å². The average Bonchev–Trinajstić information content (AvgIpc) is 1.65. The lowest BCUT2D eigenvalue weighted by Crippen LogP contribution is -2.15. The van der Waals surface area contributed by atoms with Crippen LogP contribution in [0, 0.1) is 6.92 Å². The summed E-state index contributed by atoms with van der Waals surface area (Å²) in [6, 6.07) is 0. The number of hydrogen-bond donors (Lipinski definition) is 0. The molecule has 0 aliphatic heterocycles. The summed E-state index contributed by atoms with van der Waals surface area (Å²) in [5.74, 6) is 0.539. The highest BCUT2D eigenvalue weighted by Crippen LogP contribution is 1.97. The van der Waals surface area contributed by atoms with Crippen molar-refractivity contribution in [2.24, 2.45) is 0 Å². The molecule has 0 aliphatic rings. The Morgan fingerprint density at radius 3 is 2.14 bits per heavy atom. The lowest BCUT2D eigenvalue weighted by atomic mass is 10.6. The zero-order valence-corrected chi connectivity index (χ0v) is 5.62. The van der Waals surface area contributed by atoms with Gasteiger partial charge in [-0.3, -0.25) is 0 Å². The zero-order valence-electron chi connectivity index (χ0n) is 4.81. The fourth-order valence-corrected chi connectivity index (χ4v) is 0.707. The van der Waals surface area contributed by atoms with Crippen molar-refractivity contribution in [3.05, 3.63) is 6.92 Å². The van der Waals surface area contributed by atoms with Crippen molar-refractivity contribution in [1.29, 1.82) is 0 Å². The molecular weight excluding hydrogens is 108 g/mol. The van der Waals surface area contributed by atoms with E-state index in [1.807, 2.05) is 13.8 Å². The van der Waals surface area contributed by atoms with Crippen molar-refractivity contribution in [2.75, 3.05) is 5.75 Å². The van der Waals surface area contributed by atoms with E-state index < -0.39 is 11.2 Å². The average molecular weight is 119 g/mol. The second-order valence-corrected chi connectivity index (χ2v) is 3.75. The minimum absolute atomic E-state index is 0.275. The van der Waals surface area contributed by atoms with Gasteiger partial charge in [0.1, 0.15) is 11.0 Å². The maximum absolute atomic E-state index is 10.6. The molecule has 1 nitrogen and oxygen atoms in total. The molecule has 0 aromatic carbocycles. The molecule has 0 aromatic rings. The normalized spacial score (nSPS) is 15.0. The predicted octanol–water partition coefficient (Wildman–Crippen LogP) is 0.978. The van der Waals surface area contributed by atoms with E-state index in [1.165, 1.54) is 0 Å². The third-order valence-electron chi connectivity index (χ3n) is 0.727. The van der Waals surface area contributed by atoms with Gasteiger partial charge in [-0.2, -0.15) is 0 Å². The van der Waals surface area contributed by atoms with Crippen LogP contribution in [-0.2, 0) is 11.2 Å². The highest BCUT2D eigenvalue weighted by molar-refractivity contribution is 7.92. The Morgan fingerprint density at radius 2 is 2.14 bits per heavy atom. The highest BCUT2D eigenvalue weighted by Gasteiger charge is 2.05. The van der Waals surface area contributed by atoms with E-state index in [9.17, 15) is 4.55 Å². The van der Waals surface area contributed by atoms with Crippen molar-refractivity contribution in [1.82, 2.24) is 0 Å². The first-order valence-electron chi connectivity index (χ1n) is 2.35. The van der Waals surface area contributed by atoms with Gasteiger partial charge in [0, 0.05) is 0 Å². The molecule has 0 fully saturated rings. The summed E-state index contributed by atoms with van der Waals surface area (Å²) in [6.07, 6.45) is 0. The van der Waals surface area contributed by atoms with Crippen LogP contribution in [0.15, 0.2) is 0 Å². The fourth-order valence-electron chi connectivity index (χ4n) is 0.236. The highest BCUT2D eigenvalue weighted by atomic mass is 32.2. The fraction of sp³-hybridized carbons (Fsp3) is 0.800. The molecule has 0 heterocycles. The Labute approximate surface area is 48.3 Å². The summed E-state index contributed by atoms with van der Waals surface area (Å²) in [4.78, 5) is 0. The monoisotopic (exact) mass is 119 g/mol. The van der Waals surface area contributed by atoms with Gasteiger partial charge in [-0.1, -0.05) is 11.2 Å². The van der Waals surface area contributed by atoms with Crippen LogP contribution >= 0.6 is 0 Å². The first kappa shape index (κ1) is 7.31. The van der Waals surface area contributed by atoms with Crippen molar-refractivity contribution in [3.8, 4) is 0 Å². The largest absolute Gasteiger partial charge is 0.616 e. The molecule has 7 heavy (non-hydrogen) atoms. The van der Waals surface area contributed by atoms with E-state index in [0.29, 0.717) is 5.75 Å². The van der Waals surface area contributed by atoms with E-state index in [0.717, 1.165) is 0 Å². The van der Waals surface area contributed by atoms with Crippen LogP contribution in [-0.4, -0.2) is 15.6 Å². The van der Waals surface area contributed by atoms with E-state index in [-0.39, 0.29) is 5.25 Å². The quantitative estimate of drug-likeness (QED) is 0.497. The van der Waals surface area contributed by atoms with Gasteiger partial charge < -0.3 is 4.55 Å². The third-order valence-corrected chi connectivity index (χ3v) is 2.18. The van der Waals surface area contributed by atoms with Crippen LogP contribution < -0.4 is 0 Å². The van der Waals surface area contributed by atoms with Gasteiger partial charge in [-0.15, -0.1) is 0 Å². The van der Waals surface area contributed by atoms with E-state index in [2.05, 4.69) is 6.92 Å². The maximum atomic E-state index is 10.6. The topological polar surface area (TPSA) is 23.1 Å². The molecule has 0 bridgehead atoms. The lowest BCUT2D eigenvalue weighted by Gasteiger charge is -2.10. The van der Waals surface area contributed by atoms with Gasteiger partial charge in [0.05, 0.1) is 0 Å². The summed E-state index contributed by atoms with van der Waals surface area (Å²) >= 11 is -0.690. The number of hydrogen-bond acceptors (Lipinski definition) is 1. The Kier molecular flexibility index (Phi) is 3.48. The SMILES string of the molecule is [CH2]C[S+]([O-])C(C)C. The van der Waals surface area contributed by atoms with E-state index in [4.69, 9.17) is 0 Å². The minimum Gasteiger partial charge on any atom is -0.616 e. The second-order valence-electron chi connectivity index (χ2n) is 1.63. The molecule has 43 valence electrons. The smallest absolute Gasteiger partial charge is 0.110 e. The molecule has 0 spiro atoms. The second kappa shape index (κ2) is 3.33. The summed E-state index contributed by atoms with van der Waals surface area (Å²) < 4.78 is 10.6. The minimum atomic E-state index is -0.690. The van der Waals surface area contributed by atoms with Gasteiger partial charge in [-0.05, 0) is 20.8 Å². The summed E-state index contributed by atoms with van der Waals surface area (Å²) in [6.45, 7) is 7.37. The Hall–Kier alpha value is 0.310. The molecule has 0 aromatic heterocycles. The van der Waals surface area contributed by atoms with Crippen molar-refractivity contribution in [2.45, 2.75) is 19.1 Å². The Morgan fingerprint density at radius 1 is 1.71 bits per heavy atom. The standard InChI is InChI=1S/C5H11OS/c1-4-7(6)5(2)3/h5H,1,4H2,2-3H3. The first-order chi connectivity index (χ1) is 3.18. The van der Waals surface area contributed by atoms with Crippen LogP contribution in [0.4, 0.5) is 0 Å². The van der Waals surface area contributed by atoms with Gasteiger partial charge in [-0.25, -0.2) is 0 Å². The Balaban J connectivity index is 3.14. The van der Waals surface area contributed by atoms with Crippen LogP contribution in [0.25, 0.3) is 0 Å². The maximum Gasteiger partial charge on any atom is 0.110 e. The van der Waals surface area contributed by atoms with Crippen LogP contribution in [0.3, 0.4) is 0 Å². The van der Waals surface area contributed by atoms with E-state index in [1.54, 1.807) is 0 Å². The summed E-state index contributed by atoms with van der Waals surface area (Å²) in [5.41, 5.74) is 0. The van der Waals surface area contributed by atoms with Crippen molar-refractivity contribution in [3.63, 3.8) is 0 Å². The summed E-state index contributed by atoms with van der Waals surface area (Å²) in [7, 11) is 0. The molecule has 0 amide bonds. The molecule has 0 rings (SSSR count). The lowest BCUT2D eigenvalue weighted by molar-refractivity contribution is 0.589. The molecule has 1 radical (unpaired) electrons. The molecule has 1 unspecified atom stereocenters. The zero-order chi connectivity index (χ0) is 5.86. The Bertz CT molecular complexity index is 45.3. The van der Waals surface area contributed by atoms with Gasteiger partial charge >= 0.3 is 0 Å². The van der Waals surface area contributed by atoms with Crippen LogP contribution in [0.2, 0.25) is 0 Å². The van der Waals surface area contributed by atoms with E-state index >= 15 is 0 Å². The van der Waals surface area contributed by atoms with Crippen LogP contribution in [0.1, 0.15) is 13.8 Å². The molecule has 1 atom stereocenters. The summed E-state index contributed by atoms with van der Waals surface area (Å²) in [5, 5.41) is 0.275. The van der Waals surface area contributed by atoms with Gasteiger partial charge in [0.25, 0.3) is 0 Å². The molecule has 2 heteroatoms. The first-order valence-corrected chi connectivity index (χ1v) is 3.73. The number of rotatable bonds is 2. The predicted molar refractivity (Wildman–Crippen MR) is 33.5 cm³/mol. The molecule has 0 N–H and O–H groups in total. The molecular formula is C5H11OS. The van der Waals surface area contributed by atoms with Crippen molar-refractivity contribution < 1.29 is 4.55 Å². The third kappa shape index (κ3) is 2.94. The molecule has 0 saturated heterocycles. The van der Waals surface area contributed by atoms with Crippen LogP contribution in [0.5, 0.6) is 0 Å². The van der Waals surface area contributed by atoms with Gasteiger partial charge in [0.15, 0.2) is 0 Å². The molecule has 0 saturated carbocycles.